The van der Waals surface area contributed by atoms with Gasteiger partial charge in [-0.25, -0.2) is 9.97 Å². The Labute approximate surface area is 108 Å². The molecule has 0 saturated carbocycles. The second-order valence-electron chi connectivity index (χ2n) is 3.13. The highest BCUT2D eigenvalue weighted by Crippen LogP contribution is 2.32. The Bertz CT molecular complexity index is 523. The maximum Gasteiger partial charge on any atom is 0.232 e. The van der Waals surface area contributed by atoms with E-state index in [0.29, 0.717) is 12.0 Å². The van der Waals surface area contributed by atoms with Gasteiger partial charge in [0, 0.05) is 0 Å². The molecule has 86 valence electrons. The fourth-order valence-corrected chi connectivity index (χ4v) is 1.97. The van der Waals surface area contributed by atoms with E-state index < -0.39 is 0 Å². The van der Waals surface area contributed by atoms with Crippen molar-refractivity contribution in [1.82, 2.24) is 9.97 Å². The Morgan fingerprint density at radius 1 is 1.06 bits per heavy atom. The summed E-state index contributed by atoms with van der Waals surface area (Å²) in [7, 11) is 0. The molecule has 4 nitrogen and oxygen atoms in total. The zero-order chi connectivity index (χ0) is 12.3. The first-order valence-corrected chi connectivity index (χ1v) is 5.46. The molecular formula is C11H7Cl2N3O. The molecule has 6 heteroatoms. The minimum atomic E-state index is 0.0784. The van der Waals surface area contributed by atoms with E-state index in [1.165, 1.54) is 0 Å². The maximum absolute atomic E-state index is 10.3. The number of hydrogen-bond donors (Lipinski definition) is 1. The Morgan fingerprint density at radius 3 is 2.18 bits per heavy atom. The van der Waals surface area contributed by atoms with Crippen molar-refractivity contribution >= 4 is 35.6 Å². The van der Waals surface area contributed by atoms with Crippen LogP contribution in [0.3, 0.4) is 0 Å². The summed E-state index contributed by atoms with van der Waals surface area (Å²) < 4.78 is 0. The van der Waals surface area contributed by atoms with E-state index in [0.717, 1.165) is 5.56 Å². The van der Waals surface area contributed by atoms with Crippen LogP contribution in [0.25, 0.3) is 11.1 Å². The van der Waals surface area contributed by atoms with Gasteiger partial charge in [-0.15, -0.1) is 0 Å². The molecule has 1 aromatic carbocycles. The van der Waals surface area contributed by atoms with Gasteiger partial charge in [0.1, 0.15) is 10.3 Å². The highest BCUT2D eigenvalue weighted by Gasteiger charge is 2.12. The van der Waals surface area contributed by atoms with Crippen LogP contribution in [0.15, 0.2) is 30.3 Å². The number of carbonyl (C=O) groups excluding carboxylic acids is 1. The van der Waals surface area contributed by atoms with Crippen LogP contribution in [0.1, 0.15) is 0 Å². The maximum atomic E-state index is 10.3. The summed E-state index contributed by atoms with van der Waals surface area (Å²) >= 11 is 12.0. The van der Waals surface area contributed by atoms with Crippen molar-refractivity contribution in [1.29, 1.82) is 0 Å². The fraction of sp³-hybridized carbons (Fsp3) is 0. The van der Waals surface area contributed by atoms with E-state index in [2.05, 4.69) is 15.3 Å². The molecule has 0 aliphatic heterocycles. The van der Waals surface area contributed by atoms with Gasteiger partial charge in [0.05, 0.1) is 5.56 Å². The van der Waals surface area contributed by atoms with Crippen LogP contribution in [-0.4, -0.2) is 16.4 Å². The monoisotopic (exact) mass is 267 g/mol. The van der Waals surface area contributed by atoms with Gasteiger partial charge < -0.3 is 0 Å². The number of halogens is 2. The van der Waals surface area contributed by atoms with Crippen molar-refractivity contribution in [3.63, 3.8) is 0 Å². The van der Waals surface area contributed by atoms with E-state index in [4.69, 9.17) is 23.2 Å². The van der Waals surface area contributed by atoms with Crippen LogP contribution in [0.4, 0.5) is 5.95 Å². The number of hydrogen-bond acceptors (Lipinski definition) is 3. The van der Waals surface area contributed by atoms with Crippen molar-refractivity contribution in [3.05, 3.63) is 40.6 Å². The lowest BCUT2D eigenvalue weighted by molar-refractivity contribution is -0.105. The van der Waals surface area contributed by atoms with Gasteiger partial charge in [0.25, 0.3) is 0 Å². The molecule has 2 aromatic rings. The van der Waals surface area contributed by atoms with Crippen molar-refractivity contribution < 1.29 is 4.79 Å². The van der Waals surface area contributed by atoms with Gasteiger partial charge in [-0.3, -0.25) is 10.1 Å². The molecule has 0 aliphatic carbocycles. The van der Waals surface area contributed by atoms with E-state index in [-0.39, 0.29) is 16.3 Å². The number of carbonyl (C=O) groups is 1. The standard InChI is InChI=1S/C11H7Cl2N3O/c12-9-8(7-4-2-1-3-5-7)10(13)16-11(15-9)14-6-17/h1-6H,(H,14,15,16,17). The average Bonchev–Trinajstić information content (AvgIpc) is 2.30. The summed E-state index contributed by atoms with van der Waals surface area (Å²) in [6, 6.07) is 9.31. The summed E-state index contributed by atoms with van der Waals surface area (Å²) in [6.07, 6.45) is 0.462. The van der Waals surface area contributed by atoms with Crippen LogP contribution in [0, 0.1) is 0 Å². The number of nitrogens with zero attached hydrogens (tertiary/aromatic N) is 2. The third-order valence-electron chi connectivity index (χ3n) is 2.07. The van der Waals surface area contributed by atoms with Gasteiger partial charge in [0.2, 0.25) is 12.4 Å². The number of amides is 1. The third kappa shape index (κ3) is 2.54. The lowest BCUT2D eigenvalue weighted by atomic mass is 10.1. The SMILES string of the molecule is O=CNc1nc(Cl)c(-c2ccccc2)c(Cl)n1. The van der Waals surface area contributed by atoms with E-state index in [9.17, 15) is 4.79 Å². The molecule has 1 aromatic heterocycles. The Morgan fingerprint density at radius 2 is 1.65 bits per heavy atom. The highest BCUT2D eigenvalue weighted by molar-refractivity contribution is 6.37. The van der Waals surface area contributed by atoms with Crippen LogP contribution < -0.4 is 5.32 Å². The first kappa shape index (κ1) is 11.8. The molecule has 0 atom stereocenters. The molecule has 1 heterocycles. The minimum Gasteiger partial charge on any atom is -0.297 e. The van der Waals surface area contributed by atoms with Crippen LogP contribution in [0.2, 0.25) is 10.3 Å². The fourth-order valence-electron chi connectivity index (χ4n) is 1.37. The van der Waals surface area contributed by atoms with Gasteiger partial charge in [-0.1, -0.05) is 53.5 Å². The number of aromatic nitrogens is 2. The number of anilines is 1. The summed E-state index contributed by atoms with van der Waals surface area (Å²) in [5.74, 6) is 0.0784. The van der Waals surface area contributed by atoms with Gasteiger partial charge in [0.15, 0.2) is 0 Å². The molecule has 0 bridgehead atoms. The lowest BCUT2D eigenvalue weighted by Gasteiger charge is -2.07. The molecule has 1 amide bonds. The first-order chi connectivity index (χ1) is 8.22. The highest BCUT2D eigenvalue weighted by atomic mass is 35.5. The van der Waals surface area contributed by atoms with Gasteiger partial charge in [-0.2, -0.15) is 0 Å². The number of nitrogens with one attached hydrogen (secondary N) is 1. The first-order valence-electron chi connectivity index (χ1n) is 4.71. The zero-order valence-corrected chi connectivity index (χ0v) is 10.0. The lowest BCUT2D eigenvalue weighted by Crippen LogP contribution is -2.01. The molecule has 0 spiro atoms. The molecule has 0 unspecified atom stereocenters. The summed E-state index contributed by atoms with van der Waals surface area (Å²) in [5.41, 5.74) is 1.37. The Kier molecular flexibility index (Phi) is 3.56. The Balaban J connectivity index is 2.53. The predicted molar refractivity (Wildman–Crippen MR) is 67.2 cm³/mol. The Hall–Kier alpha value is -1.65. The summed E-state index contributed by atoms with van der Waals surface area (Å²) in [4.78, 5) is 18.1. The van der Waals surface area contributed by atoms with Crippen molar-refractivity contribution in [2.45, 2.75) is 0 Å². The topological polar surface area (TPSA) is 54.9 Å². The van der Waals surface area contributed by atoms with Crippen LogP contribution in [-0.2, 0) is 4.79 Å². The average molecular weight is 268 g/mol. The van der Waals surface area contributed by atoms with Crippen LogP contribution >= 0.6 is 23.2 Å². The van der Waals surface area contributed by atoms with E-state index in [1.807, 2.05) is 30.3 Å². The normalized spacial score (nSPS) is 10.0. The second-order valence-corrected chi connectivity index (χ2v) is 3.85. The molecule has 2 rings (SSSR count). The third-order valence-corrected chi connectivity index (χ3v) is 2.62. The van der Waals surface area contributed by atoms with E-state index >= 15 is 0 Å². The van der Waals surface area contributed by atoms with Crippen molar-refractivity contribution in [3.8, 4) is 11.1 Å². The second kappa shape index (κ2) is 5.12. The summed E-state index contributed by atoms with van der Waals surface area (Å²) in [5, 5.41) is 2.69. The van der Waals surface area contributed by atoms with Gasteiger partial charge >= 0.3 is 0 Å². The van der Waals surface area contributed by atoms with Gasteiger partial charge in [-0.05, 0) is 5.56 Å². The molecule has 1 N–H and O–H groups in total. The summed E-state index contributed by atoms with van der Waals surface area (Å²) in [6.45, 7) is 0. The molecule has 17 heavy (non-hydrogen) atoms. The van der Waals surface area contributed by atoms with E-state index in [1.54, 1.807) is 0 Å². The van der Waals surface area contributed by atoms with Crippen molar-refractivity contribution in [2.75, 3.05) is 5.32 Å². The molecule has 0 fully saturated rings. The minimum absolute atomic E-state index is 0.0784. The molecule has 0 aliphatic rings. The molecule has 0 saturated heterocycles. The largest absolute Gasteiger partial charge is 0.297 e. The van der Waals surface area contributed by atoms with Crippen LogP contribution in [0.5, 0.6) is 0 Å². The van der Waals surface area contributed by atoms with Crippen molar-refractivity contribution in [2.24, 2.45) is 0 Å². The predicted octanol–water partition coefficient (Wildman–Crippen LogP) is 3.02. The zero-order valence-electron chi connectivity index (χ0n) is 8.52. The number of rotatable bonds is 3. The number of benzene rings is 1. The molecule has 0 radical (unpaired) electrons. The smallest absolute Gasteiger partial charge is 0.232 e. The quantitative estimate of drug-likeness (QED) is 0.687. The molecular weight excluding hydrogens is 261 g/mol.